The number of halogens is 3. The molecule has 92 valence electrons. The highest BCUT2D eigenvalue weighted by atomic mass is 19.4. The van der Waals surface area contributed by atoms with Gasteiger partial charge in [0.05, 0.1) is 11.6 Å². The molecule has 1 atom stereocenters. The number of aliphatic imine (C=N–C) groups is 1. The zero-order valence-electron chi connectivity index (χ0n) is 9.29. The van der Waals surface area contributed by atoms with Crippen LogP contribution < -0.4 is 0 Å². The van der Waals surface area contributed by atoms with E-state index < -0.39 is 11.7 Å². The lowest BCUT2D eigenvalue weighted by atomic mass is 10.1. The highest BCUT2D eigenvalue weighted by Crippen LogP contribution is 2.29. The molecule has 1 aliphatic rings. The van der Waals surface area contributed by atoms with Crippen molar-refractivity contribution in [2.24, 2.45) is 4.99 Å². The van der Waals surface area contributed by atoms with E-state index in [-0.39, 0.29) is 6.04 Å². The van der Waals surface area contributed by atoms with Gasteiger partial charge in [-0.05, 0) is 24.6 Å². The second kappa shape index (κ2) is 4.39. The molecule has 0 amide bonds. The van der Waals surface area contributed by atoms with Crippen molar-refractivity contribution in [3.8, 4) is 0 Å². The van der Waals surface area contributed by atoms with Gasteiger partial charge in [0, 0.05) is 6.42 Å². The SMILES string of the molecule is CC1COC(Cc2ccc(C(F)(F)F)cc2)=N1. The molecule has 0 bridgehead atoms. The van der Waals surface area contributed by atoms with Crippen LogP contribution in [0.5, 0.6) is 0 Å². The van der Waals surface area contributed by atoms with E-state index in [2.05, 4.69) is 4.99 Å². The van der Waals surface area contributed by atoms with Crippen molar-refractivity contribution in [1.82, 2.24) is 0 Å². The molecule has 1 aromatic carbocycles. The molecule has 0 N–H and O–H groups in total. The van der Waals surface area contributed by atoms with E-state index in [0.29, 0.717) is 18.9 Å². The third kappa shape index (κ3) is 2.99. The molecule has 2 rings (SSSR count). The number of nitrogens with zero attached hydrogens (tertiary/aromatic N) is 1. The molecule has 0 spiro atoms. The molecule has 1 aromatic rings. The van der Waals surface area contributed by atoms with Gasteiger partial charge in [0.15, 0.2) is 5.90 Å². The molecular weight excluding hydrogens is 231 g/mol. The van der Waals surface area contributed by atoms with Crippen LogP contribution in [0.4, 0.5) is 13.2 Å². The Kier molecular flexibility index (Phi) is 3.09. The average molecular weight is 243 g/mol. The highest BCUT2D eigenvalue weighted by molar-refractivity contribution is 5.80. The van der Waals surface area contributed by atoms with E-state index in [9.17, 15) is 13.2 Å². The van der Waals surface area contributed by atoms with Gasteiger partial charge in [-0.15, -0.1) is 0 Å². The van der Waals surface area contributed by atoms with Crippen LogP contribution in [-0.4, -0.2) is 18.5 Å². The summed E-state index contributed by atoms with van der Waals surface area (Å²) in [5.41, 5.74) is 0.134. The molecule has 1 unspecified atom stereocenters. The van der Waals surface area contributed by atoms with Gasteiger partial charge >= 0.3 is 6.18 Å². The standard InChI is InChI=1S/C12H12F3NO/c1-8-7-17-11(16-8)6-9-2-4-10(5-3-9)12(13,14)15/h2-5,8H,6-7H2,1H3. The summed E-state index contributed by atoms with van der Waals surface area (Å²) in [6, 6.07) is 5.21. The van der Waals surface area contributed by atoms with Gasteiger partial charge in [-0.2, -0.15) is 13.2 Å². The lowest BCUT2D eigenvalue weighted by Crippen LogP contribution is -2.06. The van der Waals surface area contributed by atoms with E-state index in [1.807, 2.05) is 6.92 Å². The van der Waals surface area contributed by atoms with Gasteiger partial charge in [-0.3, -0.25) is 0 Å². The van der Waals surface area contributed by atoms with Crippen molar-refractivity contribution in [1.29, 1.82) is 0 Å². The first-order valence-corrected chi connectivity index (χ1v) is 5.31. The second-order valence-electron chi connectivity index (χ2n) is 4.05. The summed E-state index contributed by atoms with van der Waals surface area (Å²) in [7, 11) is 0. The summed E-state index contributed by atoms with van der Waals surface area (Å²) < 4.78 is 42.3. The molecule has 0 aromatic heterocycles. The summed E-state index contributed by atoms with van der Waals surface area (Å²) in [5.74, 6) is 0.595. The quantitative estimate of drug-likeness (QED) is 0.782. The fraction of sp³-hybridized carbons (Fsp3) is 0.417. The van der Waals surface area contributed by atoms with Gasteiger partial charge in [0.2, 0.25) is 0 Å². The lowest BCUT2D eigenvalue weighted by molar-refractivity contribution is -0.137. The Balaban J connectivity index is 2.06. The minimum absolute atomic E-state index is 0.138. The predicted octanol–water partition coefficient (Wildman–Crippen LogP) is 3.07. The van der Waals surface area contributed by atoms with Gasteiger partial charge in [-0.1, -0.05) is 12.1 Å². The van der Waals surface area contributed by atoms with Gasteiger partial charge in [0.1, 0.15) is 6.61 Å². The first-order chi connectivity index (χ1) is 7.95. The molecule has 5 heteroatoms. The average Bonchev–Trinajstić information content (AvgIpc) is 2.63. The third-order valence-electron chi connectivity index (χ3n) is 2.49. The zero-order valence-corrected chi connectivity index (χ0v) is 9.29. The van der Waals surface area contributed by atoms with Crippen molar-refractivity contribution >= 4 is 5.90 Å². The minimum Gasteiger partial charge on any atom is -0.478 e. The molecule has 0 radical (unpaired) electrons. The molecule has 2 nitrogen and oxygen atoms in total. The Labute approximate surface area is 97.1 Å². The van der Waals surface area contributed by atoms with Crippen LogP contribution in [0, 0.1) is 0 Å². The molecule has 1 aliphatic heterocycles. The van der Waals surface area contributed by atoms with E-state index >= 15 is 0 Å². The molecule has 0 saturated heterocycles. The van der Waals surface area contributed by atoms with Crippen LogP contribution in [0.1, 0.15) is 18.1 Å². The van der Waals surface area contributed by atoms with Crippen molar-refractivity contribution in [3.63, 3.8) is 0 Å². The fourth-order valence-electron chi connectivity index (χ4n) is 1.62. The topological polar surface area (TPSA) is 21.6 Å². The maximum absolute atomic E-state index is 12.3. The first kappa shape index (κ1) is 12.0. The smallest absolute Gasteiger partial charge is 0.416 e. The number of hydrogen-bond donors (Lipinski definition) is 0. The third-order valence-corrected chi connectivity index (χ3v) is 2.49. The van der Waals surface area contributed by atoms with Crippen LogP contribution in [-0.2, 0) is 17.3 Å². The van der Waals surface area contributed by atoms with Crippen molar-refractivity contribution in [2.45, 2.75) is 25.6 Å². The molecule has 1 heterocycles. The Morgan fingerprint density at radius 2 is 1.94 bits per heavy atom. The maximum atomic E-state index is 12.3. The number of ether oxygens (including phenoxy) is 1. The minimum atomic E-state index is -4.28. The first-order valence-electron chi connectivity index (χ1n) is 5.31. The van der Waals surface area contributed by atoms with Crippen LogP contribution in [0.2, 0.25) is 0 Å². The van der Waals surface area contributed by atoms with E-state index in [4.69, 9.17) is 4.74 Å². The van der Waals surface area contributed by atoms with Crippen molar-refractivity contribution in [2.75, 3.05) is 6.61 Å². The normalized spacial score (nSPS) is 20.0. The largest absolute Gasteiger partial charge is 0.478 e. The van der Waals surface area contributed by atoms with Crippen LogP contribution in [0.15, 0.2) is 29.3 Å². The zero-order chi connectivity index (χ0) is 12.5. The molecular formula is C12H12F3NO. The second-order valence-corrected chi connectivity index (χ2v) is 4.05. The van der Waals surface area contributed by atoms with Crippen LogP contribution >= 0.6 is 0 Å². The number of rotatable bonds is 2. The predicted molar refractivity (Wildman–Crippen MR) is 58.0 cm³/mol. The van der Waals surface area contributed by atoms with Crippen molar-refractivity contribution < 1.29 is 17.9 Å². The van der Waals surface area contributed by atoms with E-state index in [1.165, 1.54) is 12.1 Å². The Bertz CT molecular complexity index is 422. The van der Waals surface area contributed by atoms with Crippen LogP contribution in [0.25, 0.3) is 0 Å². The van der Waals surface area contributed by atoms with Crippen LogP contribution in [0.3, 0.4) is 0 Å². The van der Waals surface area contributed by atoms with Gasteiger partial charge in [0.25, 0.3) is 0 Å². The molecule has 17 heavy (non-hydrogen) atoms. The molecule has 0 aliphatic carbocycles. The van der Waals surface area contributed by atoms with Gasteiger partial charge in [-0.25, -0.2) is 4.99 Å². The van der Waals surface area contributed by atoms with E-state index in [1.54, 1.807) is 0 Å². The highest BCUT2D eigenvalue weighted by Gasteiger charge is 2.30. The number of alkyl halides is 3. The van der Waals surface area contributed by atoms with Crippen molar-refractivity contribution in [3.05, 3.63) is 35.4 Å². The molecule has 0 saturated carbocycles. The summed E-state index contributed by atoms with van der Waals surface area (Å²) in [6.07, 6.45) is -3.84. The Hall–Kier alpha value is -1.52. The Morgan fingerprint density at radius 3 is 2.41 bits per heavy atom. The summed E-state index contributed by atoms with van der Waals surface area (Å²) >= 11 is 0. The maximum Gasteiger partial charge on any atom is 0.416 e. The number of hydrogen-bond acceptors (Lipinski definition) is 2. The van der Waals surface area contributed by atoms with Gasteiger partial charge < -0.3 is 4.74 Å². The lowest BCUT2D eigenvalue weighted by Gasteiger charge is -2.07. The molecule has 0 fully saturated rings. The fourth-order valence-corrected chi connectivity index (χ4v) is 1.62. The summed E-state index contributed by atoms with van der Waals surface area (Å²) in [5, 5.41) is 0. The monoisotopic (exact) mass is 243 g/mol. The Morgan fingerprint density at radius 1 is 1.29 bits per heavy atom. The summed E-state index contributed by atoms with van der Waals surface area (Å²) in [4.78, 5) is 4.23. The number of benzene rings is 1. The summed E-state index contributed by atoms with van der Waals surface area (Å²) in [6.45, 7) is 2.48. The van der Waals surface area contributed by atoms with E-state index in [0.717, 1.165) is 17.7 Å².